The smallest absolute Gasteiger partial charge is 0.246 e. The van der Waals surface area contributed by atoms with Crippen LogP contribution in [0.4, 0.5) is 5.95 Å². The molecule has 0 aliphatic carbocycles. The van der Waals surface area contributed by atoms with E-state index in [2.05, 4.69) is 25.0 Å². The minimum atomic E-state index is -1.75. The van der Waals surface area contributed by atoms with Crippen LogP contribution in [0, 0.1) is 0 Å². The number of nitrogen functional groups attached to an aromatic ring is 1. The number of fused-ring (bicyclic) bond motifs is 1. The van der Waals surface area contributed by atoms with Crippen molar-refractivity contribution in [1.82, 2.24) is 19.5 Å². The Morgan fingerprint density at radius 1 is 1.65 bits per heavy atom. The van der Waals surface area contributed by atoms with Crippen molar-refractivity contribution < 1.29 is 19.7 Å². The summed E-state index contributed by atoms with van der Waals surface area (Å²) < 4.78 is 12.2. The van der Waals surface area contributed by atoms with E-state index >= 15 is 0 Å². The highest BCUT2D eigenvalue weighted by molar-refractivity contribution is 5.77. The lowest BCUT2D eigenvalue weighted by atomic mass is 10.1. The first-order valence-corrected chi connectivity index (χ1v) is 6.61. The van der Waals surface area contributed by atoms with E-state index in [9.17, 15) is 10.2 Å². The van der Waals surface area contributed by atoms with Gasteiger partial charge in [-0.1, -0.05) is 5.11 Å². The lowest BCUT2D eigenvalue weighted by molar-refractivity contribution is -0.122. The first kappa shape index (κ1) is 15.2. The molecule has 1 saturated heterocycles. The largest absolute Gasteiger partial charge is 0.479 e. The first-order chi connectivity index (χ1) is 11.0. The van der Waals surface area contributed by atoms with Crippen LogP contribution in [-0.4, -0.2) is 55.3 Å². The van der Waals surface area contributed by atoms with Crippen LogP contribution in [0.5, 0.6) is 5.88 Å². The van der Waals surface area contributed by atoms with E-state index in [0.29, 0.717) is 11.2 Å². The average Bonchev–Trinajstić information content (AvgIpc) is 3.09. The van der Waals surface area contributed by atoms with E-state index in [-0.39, 0.29) is 18.2 Å². The van der Waals surface area contributed by atoms with E-state index in [1.165, 1.54) is 18.0 Å². The van der Waals surface area contributed by atoms with E-state index in [1.807, 2.05) is 0 Å². The van der Waals surface area contributed by atoms with Crippen molar-refractivity contribution >= 4 is 17.1 Å². The minimum absolute atomic E-state index is 0.0156. The van der Waals surface area contributed by atoms with Gasteiger partial charge >= 0.3 is 0 Å². The molecule has 0 bridgehead atoms. The maximum absolute atomic E-state index is 10.1. The molecule has 12 nitrogen and oxygen atoms in total. The van der Waals surface area contributed by atoms with Gasteiger partial charge in [0.1, 0.15) is 6.23 Å². The van der Waals surface area contributed by atoms with Crippen molar-refractivity contribution in [1.29, 1.82) is 0 Å². The summed E-state index contributed by atoms with van der Waals surface area (Å²) in [6, 6.07) is 0. The van der Waals surface area contributed by atoms with Gasteiger partial charge in [-0.15, -0.1) is 0 Å². The molecule has 0 saturated carbocycles. The third-order valence-electron chi connectivity index (χ3n) is 3.64. The molecule has 23 heavy (non-hydrogen) atoms. The molecule has 4 N–H and O–H groups in total. The second-order valence-corrected chi connectivity index (χ2v) is 4.93. The second kappa shape index (κ2) is 5.52. The lowest BCUT2D eigenvalue weighted by Crippen LogP contribution is -2.40. The van der Waals surface area contributed by atoms with Crippen LogP contribution >= 0.6 is 0 Å². The molecule has 2 aromatic heterocycles. The number of anilines is 1. The van der Waals surface area contributed by atoms with Gasteiger partial charge in [-0.2, -0.15) is 9.97 Å². The third kappa shape index (κ3) is 2.29. The Balaban J connectivity index is 2.05. The number of aromatic nitrogens is 4. The first-order valence-electron chi connectivity index (χ1n) is 6.61. The molecule has 2 aromatic rings. The van der Waals surface area contributed by atoms with Crippen LogP contribution < -0.4 is 10.5 Å². The second-order valence-electron chi connectivity index (χ2n) is 4.93. The Hall–Kier alpha value is -2.66. The molecular formula is C11H14N8O4. The zero-order chi connectivity index (χ0) is 16.6. The molecule has 0 unspecified atom stereocenters. The Morgan fingerprint density at radius 3 is 3.09 bits per heavy atom. The van der Waals surface area contributed by atoms with Gasteiger partial charge in [0.15, 0.2) is 16.9 Å². The number of nitrogens with zero attached hydrogens (tertiary/aromatic N) is 7. The summed E-state index contributed by atoms with van der Waals surface area (Å²) in [6.07, 6.45) is -0.460. The maximum atomic E-state index is 10.1. The van der Waals surface area contributed by atoms with Gasteiger partial charge in [0.05, 0.1) is 26.1 Å². The summed E-state index contributed by atoms with van der Waals surface area (Å²) in [6.45, 7) is -0.665. The number of hydrogen-bond acceptors (Lipinski definition) is 9. The minimum Gasteiger partial charge on any atom is -0.479 e. The van der Waals surface area contributed by atoms with Crippen molar-refractivity contribution in [3.63, 3.8) is 0 Å². The SMILES string of the molecule is COc1nc(N)nc2c1ncn2[C@H]1C[C@H](O)[C@](CO)(N=[N+]=[N-])O1. The summed E-state index contributed by atoms with van der Waals surface area (Å²) >= 11 is 0. The molecule has 1 fully saturated rings. The van der Waals surface area contributed by atoms with Crippen molar-refractivity contribution in [2.75, 3.05) is 19.5 Å². The monoisotopic (exact) mass is 322 g/mol. The molecule has 0 aromatic carbocycles. The van der Waals surface area contributed by atoms with E-state index in [1.54, 1.807) is 0 Å². The zero-order valence-corrected chi connectivity index (χ0v) is 12.1. The van der Waals surface area contributed by atoms with Gasteiger partial charge in [-0.3, -0.25) is 4.57 Å². The van der Waals surface area contributed by atoms with Crippen molar-refractivity contribution in [2.45, 2.75) is 24.5 Å². The number of ether oxygens (including phenoxy) is 2. The van der Waals surface area contributed by atoms with Crippen LogP contribution in [0.3, 0.4) is 0 Å². The Morgan fingerprint density at radius 2 is 2.43 bits per heavy atom. The fraction of sp³-hybridized carbons (Fsp3) is 0.545. The van der Waals surface area contributed by atoms with Crippen LogP contribution in [-0.2, 0) is 4.74 Å². The molecule has 1 aliphatic rings. The highest BCUT2D eigenvalue weighted by Crippen LogP contribution is 2.39. The molecule has 0 spiro atoms. The summed E-state index contributed by atoms with van der Waals surface area (Å²) in [7, 11) is 1.43. The molecule has 0 radical (unpaired) electrons. The molecular weight excluding hydrogens is 308 g/mol. The average molecular weight is 322 g/mol. The summed E-state index contributed by atoms with van der Waals surface area (Å²) in [4.78, 5) is 14.8. The van der Waals surface area contributed by atoms with Gasteiger partial charge in [-0.05, 0) is 5.53 Å². The number of aliphatic hydroxyl groups is 2. The number of rotatable bonds is 4. The maximum Gasteiger partial charge on any atom is 0.246 e. The number of aliphatic hydroxyl groups excluding tert-OH is 2. The quantitative estimate of drug-likeness (QED) is 0.390. The highest BCUT2D eigenvalue weighted by Gasteiger charge is 2.48. The van der Waals surface area contributed by atoms with E-state index in [4.69, 9.17) is 20.7 Å². The Bertz CT molecular complexity index is 788. The summed E-state index contributed by atoms with van der Waals surface area (Å²) in [5, 5.41) is 22.9. The zero-order valence-electron chi connectivity index (χ0n) is 12.1. The topological polar surface area (TPSA) is 177 Å². The van der Waals surface area contributed by atoms with Gasteiger partial charge in [0, 0.05) is 11.3 Å². The van der Waals surface area contributed by atoms with Gasteiger partial charge in [0.25, 0.3) is 0 Å². The molecule has 1 aliphatic heterocycles. The van der Waals surface area contributed by atoms with E-state index in [0.717, 1.165) is 0 Å². The molecule has 0 amide bonds. The Kier molecular flexibility index (Phi) is 3.66. The van der Waals surface area contributed by atoms with Crippen LogP contribution in [0.2, 0.25) is 0 Å². The van der Waals surface area contributed by atoms with Crippen molar-refractivity contribution in [2.24, 2.45) is 5.11 Å². The lowest BCUT2D eigenvalue weighted by Gasteiger charge is -2.24. The highest BCUT2D eigenvalue weighted by atomic mass is 16.6. The predicted molar refractivity (Wildman–Crippen MR) is 76.0 cm³/mol. The molecule has 122 valence electrons. The van der Waals surface area contributed by atoms with Crippen LogP contribution in [0.1, 0.15) is 12.6 Å². The fourth-order valence-corrected chi connectivity index (χ4v) is 2.51. The molecule has 3 heterocycles. The number of methoxy groups -OCH3 is 1. The van der Waals surface area contributed by atoms with Gasteiger partial charge in [-0.25, -0.2) is 4.98 Å². The number of azide groups is 1. The molecule has 12 heteroatoms. The van der Waals surface area contributed by atoms with Gasteiger partial charge in [0.2, 0.25) is 11.8 Å². The summed E-state index contributed by atoms with van der Waals surface area (Å²) in [5.74, 6) is 0.186. The van der Waals surface area contributed by atoms with Crippen LogP contribution in [0.25, 0.3) is 21.6 Å². The summed E-state index contributed by atoms with van der Waals surface area (Å²) in [5.41, 5.74) is 13.2. The molecule has 3 atom stereocenters. The standard InChI is InChI=1S/C11H14N8O4/c1-22-9-7-8(15-10(12)16-9)19(4-14-7)6-2-5(21)11(3-20,23-6)17-18-13/h4-6,20-21H,2-3H2,1H3,(H2,12,15,16)/t5-,6+,11+/m0/s1. The normalized spacial score (nSPS) is 27.1. The van der Waals surface area contributed by atoms with Crippen LogP contribution in [0.15, 0.2) is 11.4 Å². The number of hydrogen-bond donors (Lipinski definition) is 3. The van der Waals surface area contributed by atoms with E-state index < -0.39 is 24.7 Å². The third-order valence-corrected chi connectivity index (χ3v) is 3.64. The fourth-order valence-electron chi connectivity index (χ4n) is 2.51. The Labute approximate surface area is 129 Å². The van der Waals surface area contributed by atoms with Crippen molar-refractivity contribution in [3.8, 4) is 5.88 Å². The number of nitrogens with two attached hydrogens (primary N) is 1. The van der Waals surface area contributed by atoms with Crippen molar-refractivity contribution in [3.05, 3.63) is 16.8 Å². The number of imidazole rings is 1. The van der Waals surface area contributed by atoms with Gasteiger partial charge < -0.3 is 25.4 Å². The predicted octanol–water partition coefficient (Wildman–Crippen LogP) is -0.304. The molecule has 3 rings (SSSR count).